The Balaban J connectivity index is 0.000000231. The predicted octanol–water partition coefficient (Wildman–Crippen LogP) is 1.12. The first kappa shape index (κ1) is 8.02. The number of hydrogen-bond acceptors (Lipinski definition) is 2. The van der Waals surface area contributed by atoms with Crippen molar-refractivity contribution in [1.29, 1.82) is 0 Å². The summed E-state index contributed by atoms with van der Waals surface area (Å²) >= 11 is 0. The zero-order valence-corrected chi connectivity index (χ0v) is 7.13. The number of likely N-dealkylation sites (tertiary alicyclic amines) is 1. The van der Waals surface area contributed by atoms with Gasteiger partial charge >= 0.3 is 0 Å². The van der Waals surface area contributed by atoms with Gasteiger partial charge in [0.1, 0.15) is 0 Å². The van der Waals surface area contributed by atoms with Gasteiger partial charge in [0.05, 0.1) is 12.7 Å². The van der Waals surface area contributed by atoms with Crippen molar-refractivity contribution in [2.75, 3.05) is 20.2 Å². The molecule has 2 saturated heterocycles. The van der Waals surface area contributed by atoms with Crippen LogP contribution < -0.4 is 0 Å². The van der Waals surface area contributed by atoms with Gasteiger partial charge in [-0.15, -0.1) is 0 Å². The van der Waals surface area contributed by atoms with Crippen LogP contribution in [0.15, 0.2) is 0 Å². The molecule has 0 aromatic carbocycles. The van der Waals surface area contributed by atoms with Crippen molar-refractivity contribution in [1.82, 2.24) is 4.90 Å². The van der Waals surface area contributed by atoms with E-state index in [9.17, 15) is 0 Å². The lowest BCUT2D eigenvalue weighted by atomic mass is 10.2. The Morgan fingerprint density at radius 3 is 2.30 bits per heavy atom. The summed E-state index contributed by atoms with van der Waals surface area (Å²) in [6, 6.07) is 0.750. The van der Waals surface area contributed by atoms with Crippen LogP contribution in [0.2, 0.25) is 0 Å². The third-order valence-electron chi connectivity index (χ3n) is 2.17. The van der Waals surface area contributed by atoms with Crippen LogP contribution in [-0.2, 0) is 4.74 Å². The Labute approximate surface area is 63.2 Å². The van der Waals surface area contributed by atoms with E-state index in [0.717, 1.165) is 19.2 Å². The first-order valence-corrected chi connectivity index (χ1v) is 4.18. The van der Waals surface area contributed by atoms with E-state index in [4.69, 9.17) is 4.74 Å². The Morgan fingerprint density at radius 1 is 1.40 bits per heavy atom. The Bertz CT molecular complexity index is 103. The van der Waals surface area contributed by atoms with Crippen molar-refractivity contribution in [3.05, 3.63) is 0 Å². The molecule has 10 heavy (non-hydrogen) atoms. The largest absolute Gasteiger partial charge is 0.375 e. The van der Waals surface area contributed by atoms with Gasteiger partial charge in [0.2, 0.25) is 0 Å². The molecule has 2 atom stereocenters. The third kappa shape index (κ3) is 1.32. The molecule has 0 radical (unpaired) electrons. The second-order valence-electron chi connectivity index (χ2n) is 2.78. The summed E-state index contributed by atoms with van der Waals surface area (Å²) in [5.41, 5.74) is 0. The predicted molar refractivity (Wildman–Crippen MR) is 42.1 cm³/mol. The number of likely N-dealkylation sites (N-methyl/N-ethyl adjacent to an activating group) is 1. The highest BCUT2D eigenvalue weighted by atomic mass is 16.5. The van der Waals surface area contributed by atoms with E-state index in [-0.39, 0.29) is 0 Å². The van der Waals surface area contributed by atoms with Crippen LogP contribution in [0.5, 0.6) is 0 Å². The first-order chi connectivity index (χ1) is 4.86. The van der Waals surface area contributed by atoms with Gasteiger partial charge < -0.3 is 4.74 Å². The van der Waals surface area contributed by atoms with Crippen LogP contribution in [0.4, 0.5) is 0 Å². The highest BCUT2D eigenvalue weighted by molar-refractivity contribution is 4.89. The number of rotatable bonds is 0. The minimum absolute atomic E-state index is 0.574. The summed E-state index contributed by atoms with van der Waals surface area (Å²) in [5.74, 6) is 0. The molecule has 2 fully saturated rings. The van der Waals surface area contributed by atoms with Crippen molar-refractivity contribution in [2.24, 2.45) is 0 Å². The summed E-state index contributed by atoms with van der Waals surface area (Å²) in [6.07, 6.45) is 1.85. The average Bonchev–Trinajstić information content (AvgIpc) is 2.52. The van der Waals surface area contributed by atoms with Gasteiger partial charge in [-0.1, -0.05) is 13.8 Å². The van der Waals surface area contributed by atoms with E-state index < -0.39 is 0 Å². The zero-order valence-electron chi connectivity index (χ0n) is 7.13. The fraction of sp³-hybridized carbons (Fsp3) is 1.00. The number of fused-ring (bicyclic) bond motifs is 2. The molecule has 2 unspecified atom stereocenters. The van der Waals surface area contributed by atoms with E-state index in [1.165, 1.54) is 6.42 Å². The third-order valence-corrected chi connectivity index (χ3v) is 2.17. The summed E-state index contributed by atoms with van der Waals surface area (Å²) in [4.78, 5) is 2.38. The maximum atomic E-state index is 5.38. The topological polar surface area (TPSA) is 12.5 Å². The molecule has 2 aliphatic rings. The molecule has 0 N–H and O–H groups in total. The van der Waals surface area contributed by atoms with Crippen molar-refractivity contribution < 1.29 is 4.74 Å². The van der Waals surface area contributed by atoms with Gasteiger partial charge in [-0.05, 0) is 13.5 Å². The van der Waals surface area contributed by atoms with Crippen LogP contribution in [0.25, 0.3) is 0 Å². The molecular formula is C8H17NO. The number of hydrogen-bond donors (Lipinski definition) is 0. The van der Waals surface area contributed by atoms with Gasteiger partial charge in [-0.25, -0.2) is 0 Å². The zero-order chi connectivity index (χ0) is 7.56. The number of nitrogens with zero attached hydrogens (tertiary/aromatic N) is 1. The second kappa shape index (κ2) is 3.35. The van der Waals surface area contributed by atoms with Crippen molar-refractivity contribution in [3.8, 4) is 0 Å². The first-order valence-electron chi connectivity index (χ1n) is 4.18. The fourth-order valence-electron chi connectivity index (χ4n) is 1.59. The molecule has 0 spiro atoms. The van der Waals surface area contributed by atoms with E-state index in [1.807, 2.05) is 13.8 Å². The molecule has 0 aromatic heterocycles. The van der Waals surface area contributed by atoms with E-state index in [2.05, 4.69) is 11.9 Å². The van der Waals surface area contributed by atoms with Crippen LogP contribution in [0.3, 0.4) is 0 Å². The summed E-state index contributed by atoms with van der Waals surface area (Å²) in [7, 11) is 2.17. The number of morpholine rings is 1. The molecule has 2 rings (SSSR count). The second-order valence-corrected chi connectivity index (χ2v) is 2.78. The van der Waals surface area contributed by atoms with E-state index >= 15 is 0 Å². The molecule has 0 aliphatic carbocycles. The molecule has 0 aromatic rings. The van der Waals surface area contributed by atoms with Gasteiger partial charge in [0, 0.05) is 12.6 Å². The summed E-state index contributed by atoms with van der Waals surface area (Å²) in [6.45, 7) is 6.13. The van der Waals surface area contributed by atoms with E-state index in [0.29, 0.717) is 6.10 Å². The monoisotopic (exact) mass is 143 g/mol. The standard InChI is InChI=1S/C6H11NO.C2H6/c1-7-3-6-2-5(7)4-8-6;1-2/h5-6H,2-4H2,1H3;1-2H3. The molecule has 0 saturated carbocycles. The molecule has 2 heteroatoms. The minimum atomic E-state index is 0.574. The van der Waals surface area contributed by atoms with Crippen LogP contribution >= 0.6 is 0 Å². The normalized spacial score (nSPS) is 37.5. The fourth-order valence-corrected chi connectivity index (χ4v) is 1.59. The van der Waals surface area contributed by atoms with Crippen molar-refractivity contribution >= 4 is 0 Å². The molecule has 0 amide bonds. The van der Waals surface area contributed by atoms with Gasteiger partial charge in [-0.3, -0.25) is 4.90 Å². The average molecular weight is 143 g/mol. The highest BCUT2D eigenvalue weighted by Gasteiger charge is 2.36. The SMILES string of the molecule is CC.CN1CC2CC1CO2. The smallest absolute Gasteiger partial charge is 0.0718 e. The molecular weight excluding hydrogens is 126 g/mol. The lowest BCUT2D eigenvalue weighted by Gasteiger charge is -2.21. The molecule has 2 nitrogen and oxygen atoms in total. The molecule has 2 aliphatic heterocycles. The summed E-state index contributed by atoms with van der Waals surface area (Å²) in [5, 5.41) is 0. The van der Waals surface area contributed by atoms with Crippen LogP contribution in [0, 0.1) is 0 Å². The Morgan fingerprint density at radius 2 is 2.10 bits per heavy atom. The summed E-state index contributed by atoms with van der Waals surface area (Å²) < 4.78 is 5.38. The lowest BCUT2D eigenvalue weighted by molar-refractivity contribution is 0.0416. The Hall–Kier alpha value is -0.0800. The minimum Gasteiger partial charge on any atom is -0.375 e. The number of ether oxygens (including phenoxy) is 1. The van der Waals surface area contributed by atoms with Crippen LogP contribution in [0.1, 0.15) is 20.3 Å². The molecule has 2 bridgehead atoms. The highest BCUT2D eigenvalue weighted by Crippen LogP contribution is 2.25. The molecule has 2 heterocycles. The van der Waals surface area contributed by atoms with Gasteiger partial charge in [-0.2, -0.15) is 0 Å². The molecule has 60 valence electrons. The maximum Gasteiger partial charge on any atom is 0.0718 e. The van der Waals surface area contributed by atoms with E-state index in [1.54, 1.807) is 0 Å². The van der Waals surface area contributed by atoms with Crippen molar-refractivity contribution in [3.63, 3.8) is 0 Å². The maximum absolute atomic E-state index is 5.38. The lowest BCUT2D eigenvalue weighted by Crippen LogP contribution is -2.33. The van der Waals surface area contributed by atoms with Gasteiger partial charge in [0.15, 0.2) is 0 Å². The van der Waals surface area contributed by atoms with Crippen molar-refractivity contribution in [2.45, 2.75) is 32.4 Å². The van der Waals surface area contributed by atoms with Gasteiger partial charge in [0.25, 0.3) is 0 Å². The quantitative estimate of drug-likeness (QED) is 0.504. The Kier molecular flexibility index (Phi) is 2.69. The van der Waals surface area contributed by atoms with Crippen LogP contribution in [-0.4, -0.2) is 37.2 Å².